The van der Waals surface area contributed by atoms with Gasteiger partial charge in [0.25, 0.3) is 0 Å². The van der Waals surface area contributed by atoms with E-state index in [0.717, 1.165) is 36.2 Å². The number of halogens is 1. The minimum Gasteiger partial charge on any atom is -0.476 e. The van der Waals surface area contributed by atoms with E-state index in [1.807, 2.05) is 6.07 Å². The standard InChI is InChI=1S/C21H24N4O.ClH/c1-15-4-6-16(7-5-15)11-18-12-19-20(24-10-9-23-19)21(25-18)26-14-17-3-2-8-22-13-17;/h4-7,9-10,12,17,22H,2-3,8,11,13-14H2,1H3;1H/t17-;/m0./s1. The average Bonchev–Trinajstić information content (AvgIpc) is 2.69. The molecule has 0 spiro atoms. The lowest BCUT2D eigenvalue weighted by Crippen LogP contribution is -2.33. The summed E-state index contributed by atoms with van der Waals surface area (Å²) in [6, 6.07) is 10.6. The van der Waals surface area contributed by atoms with Crippen molar-refractivity contribution in [3.05, 3.63) is 59.5 Å². The molecule has 1 N–H and O–H groups in total. The summed E-state index contributed by atoms with van der Waals surface area (Å²) in [7, 11) is 0. The highest BCUT2D eigenvalue weighted by atomic mass is 35.5. The maximum absolute atomic E-state index is 6.10. The molecule has 1 aliphatic heterocycles. The Morgan fingerprint density at radius 2 is 1.96 bits per heavy atom. The maximum atomic E-state index is 6.10. The zero-order valence-corrected chi connectivity index (χ0v) is 16.3. The normalized spacial score (nSPS) is 16.7. The number of ether oxygens (including phenoxy) is 1. The van der Waals surface area contributed by atoms with Crippen molar-refractivity contribution in [2.24, 2.45) is 5.92 Å². The van der Waals surface area contributed by atoms with Crippen molar-refractivity contribution in [2.75, 3.05) is 19.7 Å². The van der Waals surface area contributed by atoms with Gasteiger partial charge in [0.15, 0.2) is 5.52 Å². The van der Waals surface area contributed by atoms with Crippen LogP contribution in [-0.4, -0.2) is 34.6 Å². The predicted octanol–water partition coefficient (Wildman–Crippen LogP) is 3.72. The zero-order chi connectivity index (χ0) is 17.8. The molecule has 6 heteroatoms. The van der Waals surface area contributed by atoms with Gasteiger partial charge in [0.1, 0.15) is 0 Å². The molecule has 5 nitrogen and oxygen atoms in total. The number of benzene rings is 1. The number of hydrogen-bond donors (Lipinski definition) is 1. The van der Waals surface area contributed by atoms with E-state index in [9.17, 15) is 0 Å². The smallest absolute Gasteiger partial charge is 0.242 e. The fourth-order valence-electron chi connectivity index (χ4n) is 3.36. The Morgan fingerprint density at radius 1 is 1.15 bits per heavy atom. The lowest BCUT2D eigenvalue weighted by Gasteiger charge is -2.22. The lowest BCUT2D eigenvalue weighted by molar-refractivity contribution is 0.213. The SMILES string of the molecule is Cc1ccc(Cc2cc3nccnc3c(OC[C@H]3CCCNC3)n2)cc1.Cl. The van der Waals surface area contributed by atoms with Crippen molar-refractivity contribution in [1.29, 1.82) is 0 Å². The van der Waals surface area contributed by atoms with E-state index >= 15 is 0 Å². The Labute approximate surface area is 166 Å². The van der Waals surface area contributed by atoms with E-state index < -0.39 is 0 Å². The summed E-state index contributed by atoms with van der Waals surface area (Å²) in [4.78, 5) is 13.7. The van der Waals surface area contributed by atoms with E-state index in [4.69, 9.17) is 9.72 Å². The minimum absolute atomic E-state index is 0. The van der Waals surface area contributed by atoms with Gasteiger partial charge in [-0.05, 0) is 37.9 Å². The van der Waals surface area contributed by atoms with E-state index in [-0.39, 0.29) is 12.4 Å². The van der Waals surface area contributed by atoms with E-state index in [0.29, 0.717) is 18.4 Å². The number of aromatic nitrogens is 3. The molecule has 3 aromatic rings. The first-order valence-electron chi connectivity index (χ1n) is 9.27. The second-order valence-corrected chi connectivity index (χ2v) is 7.03. The zero-order valence-electron chi connectivity index (χ0n) is 15.5. The van der Waals surface area contributed by atoms with Crippen LogP contribution in [0.1, 0.15) is 29.7 Å². The third-order valence-electron chi connectivity index (χ3n) is 4.84. The van der Waals surface area contributed by atoms with Crippen molar-refractivity contribution in [3.63, 3.8) is 0 Å². The molecule has 4 rings (SSSR count). The molecule has 0 bridgehead atoms. The van der Waals surface area contributed by atoms with Crippen LogP contribution in [0.25, 0.3) is 11.0 Å². The molecule has 1 aromatic carbocycles. The van der Waals surface area contributed by atoms with Crippen LogP contribution >= 0.6 is 12.4 Å². The van der Waals surface area contributed by atoms with Crippen LogP contribution in [0.15, 0.2) is 42.7 Å². The molecular formula is C21H25ClN4O. The Kier molecular flexibility index (Phi) is 6.58. The monoisotopic (exact) mass is 384 g/mol. The van der Waals surface area contributed by atoms with Gasteiger partial charge in [0.05, 0.1) is 17.8 Å². The van der Waals surface area contributed by atoms with Crippen LogP contribution in [0.5, 0.6) is 5.88 Å². The first kappa shape index (κ1) is 19.5. The summed E-state index contributed by atoms with van der Waals surface area (Å²) in [5, 5.41) is 3.43. The largest absolute Gasteiger partial charge is 0.476 e. The molecule has 3 heterocycles. The predicted molar refractivity (Wildman–Crippen MR) is 110 cm³/mol. The van der Waals surface area contributed by atoms with Crippen molar-refractivity contribution in [1.82, 2.24) is 20.3 Å². The van der Waals surface area contributed by atoms with Gasteiger partial charge < -0.3 is 10.1 Å². The quantitative estimate of drug-likeness (QED) is 0.726. The second kappa shape index (κ2) is 9.11. The number of nitrogens with zero attached hydrogens (tertiary/aromatic N) is 3. The number of piperidine rings is 1. The number of fused-ring (bicyclic) bond motifs is 1. The summed E-state index contributed by atoms with van der Waals surface area (Å²) in [6.07, 6.45) is 6.56. The van der Waals surface area contributed by atoms with Crippen molar-refractivity contribution in [3.8, 4) is 5.88 Å². The Hall–Kier alpha value is -2.24. The molecule has 0 aliphatic carbocycles. The van der Waals surface area contributed by atoms with Gasteiger partial charge in [0, 0.05) is 31.3 Å². The molecular weight excluding hydrogens is 360 g/mol. The number of rotatable bonds is 5. The van der Waals surface area contributed by atoms with Gasteiger partial charge >= 0.3 is 0 Å². The van der Waals surface area contributed by atoms with Crippen molar-refractivity contribution in [2.45, 2.75) is 26.2 Å². The highest BCUT2D eigenvalue weighted by molar-refractivity contribution is 5.85. The number of aryl methyl sites for hydroxylation is 1. The molecule has 2 aromatic heterocycles. The number of nitrogens with one attached hydrogen (secondary N) is 1. The number of pyridine rings is 1. The fraction of sp³-hybridized carbons (Fsp3) is 0.381. The molecule has 0 saturated carbocycles. The third-order valence-corrected chi connectivity index (χ3v) is 4.84. The van der Waals surface area contributed by atoms with E-state index in [1.165, 1.54) is 24.0 Å². The van der Waals surface area contributed by atoms with Gasteiger partial charge in [-0.2, -0.15) is 0 Å². The summed E-state index contributed by atoms with van der Waals surface area (Å²) >= 11 is 0. The molecule has 1 saturated heterocycles. The van der Waals surface area contributed by atoms with Crippen LogP contribution in [0.3, 0.4) is 0 Å². The lowest BCUT2D eigenvalue weighted by atomic mass is 10.0. The van der Waals surface area contributed by atoms with Gasteiger partial charge in [-0.3, -0.25) is 4.98 Å². The van der Waals surface area contributed by atoms with Crippen LogP contribution in [-0.2, 0) is 6.42 Å². The summed E-state index contributed by atoms with van der Waals surface area (Å²) in [6.45, 7) is 4.88. The minimum atomic E-state index is 0. The summed E-state index contributed by atoms with van der Waals surface area (Å²) in [5.74, 6) is 1.13. The summed E-state index contributed by atoms with van der Waals surface area (Å²) < 4.78 is 6.10. The molecule has 0 unspecified atom stereocenters. The highest BCUT2D eigenvalue weighted by Gasteiger charge is 2.16. The fourth-order valence-corrected chi connectivity index (χ4v) is 3.36. The van der Waals surface area contributed by atoms with Crippen LogP contribution in [0.2, 0.25) is 0 Å². The summed E-state index contributed by atoms with van der Waals surface area (Å²) in [5.41, 5.74) is 5.02. The van der Waals surface area contributed by atoms with Crippen LogP contribution < -0.4 is 10.1 Å². The maximum Gasteiger partial charge on any atom is 0.242 e. The van der Waals surface area contributed by atoms with Crippen molar-refractivity contribution < 1.29 is 4.74 Å². The first-order valence-corrected chi connectivity index (χ1v) is 9.27. The Bertz CT molecular complexity index is 879. The molecule has 27 heavy (non-hydrogen) atoms. The average molecular weight is 385 g/mol. The molecule has 0 amide bonds. The van der Waals surface area contributed by atoms with Gasteiger partial charge in [-0.1, -0.05) is 29.8 Å². The first-order chi connectivity index (χ1) is 12.8. The Balaban J connectivity index is 0.00000210. The molecule has 1 fully saturated rings. The highest BCUT2D eigenvalue weighted by Crippen LogP contribution is 2.23. The van der Waals surface area contributed by atoms with Crippen LogP contribution in [0, 0.1) is 12.8 Å². The Morgan fingerprint density at radius 3 is 2.74 bits per heavy atom. The molecule has 0 radical (unpaired) electrons. The molecule has 142 valence electrons. The van der Waals surface area contributed by atoms with E-state index in [2.05, 4.69) is 46.5 Å². The van der Waals surface area contributed by atoms with Gasteiger partial charge in [0.2, 0.25) is 5.88 Å². The topological polar surface area (TPSA) is 59.9 Å². The van der Waals surface area contributed by atoms with Gasteiger partial charge in [-0.25, -0.2) is 9.97 Å². The molecule has 1 aliphatic rings. The van der Waals surface area contributed by atoms with E-state index in [1.54, 1.807) is 12.4 Å². The second-order valence-electron chi connectivity index (χ2n) is 7.03. The number of hydrogen-bond acceptors (Lipinski definition) is 5. The third kappa shape index (κ3) is 4.93. The van der Waals surface area contributed by atoms with Gasteiger partial charge in [-0.15, -0.1) is 12.4 Å². The van der Waals surface area contributed by atoms with Crippen LogP contribution in [0.4, 0.5) is 0 Å². The van der Waals surface area contributed by atoms with Crippen molar-refractivity contribution >= 4 is 23.4 Å². The molecule has 1 atom stereocenters.